The lowest BCUT2D eigenvalue weighted by atomic mass is 9.78. The number of ketones is 1. The highest BCUT2D eigenvalue weighted by atomic mass is 16.7. The summed E-state index contributed by atoms with van der Waals surface area (Å²) in [5, 5.41) is 64.3. The minimum absolute atomic E-state index is 0.00982. The van der Waals surface area contributed by atoms with E-state index in [0.717, 1.165) is 38.3 Å². The SMILES string of the molecule is CCCCCCCCCC(=O)N/N=C/c1c2c(O)c3c(O)c(C)c4c(c3c1O)C(=O)C(C)(O/C=C/C(OC)C(C)C(OC(C)=O)C(C)C(O)C(C)C(O)C(C)/C=C/C=C(/C)C(=O)N2)O4. The molecule has 2 aromatic carbocycles. The van der Waals surface area contributed by atoms with Gasteiger partial charge in [-0.15, -0.1) is 0 Å². The number of hydrazone groups is 1. The summed E-state index contributed by atoms with van der Waals surface area (Å²) in [4.78, 5) is 53.3. The Bertz CT molecular complexity index is 2160. The van der Waals surface area contributed by atoms with Crippen LogP contribution in [0, 0.1) is 30.6 Å². The molecule has 2 amide bonds. The molecule has 0 saturated heterocycles. The van der Waals surface area contributed by atoms with Crippen LogP contribution in [-0.2, 0) is 28.6 Å². The fraction of sp³-hybridized carbons (Fsp3) is 0.562. The van der Waals surface area contributed by atoms with Crippen LogP contribution in [0.5, 0.6) is 23.0 Å². The number of carbonyl (C=O) groups is 4. The highest BCUT2D eigenvalue weighted by Crippen LogP contribution is 2.55. The first-order valence-corrected chi connectivity index (χ1v) is 22.1. The smallest absolute Gasteiger partial charge is 0.312 e. The minimum Gasteiger partial charge on any atom is -0.507 e. The van der Waals surface area contributed by atoms with Crippen molar-refractivity contribution in [3.63, 3.8) is 0 Å². The summed E-state index contributed by atoms with van der Waals surface area (Å²) in [7, 11) is 1.42. The number of aliphatic hydroxyl groups is 2. The Morgan fingerprint density at radius 2 is 1.56 bits per heavy atom. The van der Waals surface area contributed by atoms with Crippen molar-refractivity contribution in [3.8, 4) is 23.0 Å². The average molecular weight is 894 g/mol. The van der Waals surface area contributed by atoms with Crippen molar-refractivity contribution in [1.29, 1.82) is 0 Å². The molecule has 0 aliphatic carbocycles. The standard InChI is InChI=1S/C48H67N3O13/c1-11-12-13-14-15-16-17-21-34(53)51-49-24-32-38-43(58)36-35(42(32)57)37-45(30(7)41(36)56)64-48(9,46(37)59)62-23-22-33(61-10)27(4)44(63-31(8)52)29(6)40(55)28(5)39(54)25(2)19-18-20-26(3)47(60)50-38/h18-20,22-25,27-29,33,39-40,44,54-58H,11-17,21H2,1-10H3,(H,50,60)(H,51,53)/b19-18+,23-22+,26-20-,49-24+. The summed E-state index contributed by atoms with van der Waals surface area (Å²) >= 11 is 0. The molecule has 2 aromatic rings. The van der Waals surface area contributed by atoms with Gasteiger partial charge in [0.05, 0.1) is 53.0 Å². The number of unbranched alkanes of at least 4 members (excludes halogenated alkanes) is 6. The molecule has 3 aliphatic heterocycles. The Morgan fingerprint density at radius 1 is 0.906 bits per heavy atom. The zero-order chi connectivity index (χ0) is 47.6. The molecule has 7 N–H and O–H groups in total. The Balaban J connectivity index is 1.87. The number of anilines is 1. The maximum Gasteiger partial charge on any atom is 0.312 e. The quantitative estimate of drug-likeness (QED) is 0.0276. The number of esters is 1. The van der Waals surface area contributed by atoms with Crippen molar-refractivity contribution in [1.82, 2.24) is 5.43 Å². The summed E-state index contributed by atoms with van der Waals surface area (Å²) in [5.41, 5.74) is 1.61. The van der Waals surface area contributed by atoms with E-state index in [2.05, 4.69) is 22.8 Å². The summed E-state index contributed by atoms with van der Waals surface area (Å²) in [6.07, 6.45) is 11.6. The fourth-order valence-electron chi connectivity index (χ4n) is 8.34. The molecule has 0 spiro atoms. The molecule has 9 atom stereocenters. The van der Waals surface area contributed by atoms with Gasteiger partial charge in [0.2, 0.25) is 5.91 Å². The largest absolute Gasteiger partial charge is 0.507 e. The lowest BCUT2D eigenvalue weighted by Gasteiger charge is -2.38. The minimum atomic E-state index is -2.09. The van der Waals surface area contributed by atoms with Crippen LogP contribution >= 0.6 is 0 Å². The number of aromatic hydroxyl groups is 3. The monoisotopic (exact) mass is 893 g/mol. The maximum absolute atomic E-state index is 14.4. The van der Waals surface area contributed by atoms with Gasteiger partial charge >= 0.3 is 11.8 Å². The van der Waals surface area contributed by atoms with Gasteiger partial charge < -0.3 is 49.8 Å². The van der Waals surface area contributed by atoms with Gasteiger partial charge in [0.25, 0.3) is 11.7 Å². The number of ether oxygens (including phenoxy) is 4. The number of phenols is 3. The molecular weight excluding hydrogens is 827 g/mol. The van der Waals surface area contributed by atoms with E-state index >= 15 is 0 Å². The summed E-state index contributed by atoms with van der Waals surface area (Å²) in [6.45, 7) is 14.5. The molecular formula is C48H67N3O13. The average Bonchev–Trinajstić information content (AvgIpc) is 3.52. The van der Waals surface area contributed by atoms with Gasteiger partial charge in [-0.1, -0.05) is 91.4 Å². The lowest BCUT2D eigenvalue weighted by Crippen LogP contribution is -2.46. The number of hydrogen-bond donors (Lipinski definition) is 7. The van der Waals surface area contributed by atoms with Gasteiger partial charge in [0.1, 0.15) is 23.4 Å². The van der Waals surface area contributed by atoms with E-state index in [9.17, 15) is 44.7 Å². The number of carbonyl (C=O) groups excluding carboxylic acids is 4. The van der Waals surface area contributed by atoms with Crippen LogP contribution in [0.15, 0.2) is 41.2 Å². The predicted octanol–water partition coefficient (Wildman–Crippen LogP) is 7.34. The van der Waals surface area contributed by atoms with E-state index < -0.39 is 94.7 Å². The molecule has 0 aromatic heterocycles. The highest BCUT2D eigenvalue weighted by Gasteiger charge is 2.50. The number of amides is 2. The van der Waals surface area contributed by atoms with Crippen molar-refractivity contribution < 1.29 is 63.7 Å². The topological polar surface area (TPSA) is 243 Å². The molecule has 0 radical (unpaired) electrons. The Labute approximate surface area is 375 Å². The number of benzene rings is 2. The van der Waals surface area contributed by atoms with Crippen LogP contribution in [0.1, 0.15) is 128 Å². The molecule has 0 saturated carbocycles. The van der Waals surface area contributed by atoms with Gasteiger partial charge in [0, 0.05) is 67.6 Å². The first-order valence-electron chi connectivity index (χ1n) is 22.1. The van der Waals surface area contributed by atoms with E-state index in [1.807, 2.05) is 0 Å². The molecule has 352 valence electrons. The third-order valence-electron chi connectivity index (χ3n) is 12.4. The third-order valence-corrected chi connectivity index (χ3v) is 12.4. The van der Waals surface area contributed by atoms with Gasteiger partial charge in [-0.2, -0.15) is 5.10 Å². The van der Waals surface area contributed by atoms with Gasteiger partial charge in [0.15, 0.2) is 5.75 Å². The second kappa shape index (κ2) is 22.4. The molecule has 64 heavy (non-hydrogen) atoms. The van der Waals surface area contributed by atoms with E-state index in [1.165, 1.54) is 59.6 Å². The first-order chi connectivity index (χ1) is 30.2. The number of aliphatic hydroxyl groups excluding tert-OH is 2. The molecule has 16 heteroatoms. The Morgan fingerprint density at radius 3 is 2.20 bits per heavy atom. The first kappa shape index (κ1) is 51.2. The fourth-order valence-corrected chi connectivity index (χ4v) is 8.34. The second-order valence-electron chi connectivity index (χ2n) is 17.3. The zero-order valence-corrected chi connectivity index (χ0v) is 38.7. The van der Waals surface area contributed by atoms with E-state index in [0.29, 0.717) is 6.42 Å². The number of methoxy groups -OCH3 is 1. The highest BCUT2D eigenvalue weighted by molar-refractivity contribution is 6.24. The van der Waals surface area contributed by atoms with Crippen molar-refractivity contribution in [2.24, 2.45) is 28.8 Å². The maximum atomic E-state index is 14.4. The van der Waals surface area contributed by atoms with Crippen LogP contribution in [0.4, 0.5) is 5.69 Å². The number of fused-ring (bicyclic) bond motifs is 14. The number of allylic oxidation sites excluding steroid dienone is 2. The molecule has 3 aliphatic rings. The van der Waals surface area contributed by atoms with E-state index in [-0.39, 0.29) is 50.9 Å². The number of hydrogen-bond acceptors (Lipinski definition) is 14. The predicted molar refractivity (Wildman–Crippen MR) is 242 cm³/mol. The third kappa shape index (κ3) is 11.4. The van der Waals surface area contributed by atoms with Crippen molar-refractivity contribution >= 4 is 46.2 Å². The molecule has 3 heterocycles. The number of nitrogens with zero attached hydrogens (tertiary/aromatic N) is 1. The summed E-state index contributed by atoms with van der Waals surface area (Å²) in [5.74, 6) is -9.36. The van der Waals surface area contributed by atoms with Crippen molar-refractivity contribution in [3.05, 3.63) is 52.8 Å². The molecule has 0 fully saturated rings. The van der Waals surface area contributed by atoms with Crippen LogP contribution in [0.3, 0.4) is 0 Å². The van der Waals surface area contributed by atoms with Crippen molar-refractivity contribution in [2.45, 2.75) is 144 Å². The van der Waals surface area contributed by atoms with Crippen LogP contribution in [-0.4, -0.2) is 92.6 Å². The van der Waals surface area contributed by atoms with Crippen LogP contribution in [0.25, 0.3) is 10.8 Å². The molecule has 16 nitrogen and oxygen atoms in total. The summed E-state index contributed by atoms with van der Waals surface area (Å²) in [6, 6.07) is 0. The van der Waals surface area contributed by atoms with E-state index in [1.54, 1.807) is 39.8 Å². The zero-order valence-electron chi connectivity index (χ0n) is 38.7. The summed E-state index contributed by atoms with van der Waals surface area (Å²) < 4.78 is 23.5. The van der Waals surface area contributed by atoms with Gasteiger partial charge in [-0.05, 0) is 26.3 Å². The van der Waals surface area contributed by atoms with Gasteiger partial charge in [-0.25, -0.2) is 5.43 Å². The van der Waals surface area contributed by atoms with Crippen LogP contribution in [0.2, 0.25) is 0 Å². The second-order valence-corrected chi connectivity index (χ2v) is 17.3. The number of nitrogens with one attached hydrogen (secondary N) is 2. The number of Topliss-reactive ketones (excluding diaryl/α,β-unsaturated/α-hetero) is 1. The normalized spacial score (nSPS) is 28.6. The Kier molecular flexibility index (Phi) is 18.0. The van der Waals surface area contributed by atoms with Gasteiger partial charge in [-0.3, -0.25) is 19.2 Å². The Hall–Kier alpha value is -5.45. The lowest BCUT2D eigenvalue weighted by molar-refractivity contribution is -0.160. The molecule has 5 bridgehead atoms. The number of phenolic OH excluding ortho intramolecular Hbond substituents is 3. The van der Waals surface area contributed by atoms with Crippen molar-refractivity contribution in [2.75, 3.05) is 12.4 Å². The molecule has 9 unspecified atom stereocenters. The molecule has 5 rings (SSSR count). The van der Waals surface area contributed by atoms with E-state index in [4.69, 9.17) is 18.9 Å². The van der Waals surface area contributed by atoms with Crippen LogP contribution < -0.4 is 15.5 Å². The number of rotatable bonds is 12.